The van der Waals surface area contributed by atoms with E-state index in [-0.39, 0.29) is 12.5 Å². The average molecular weight is 405 g/mol. The molecule has 1 amide bonds. The topological polar surface area (TPSA) is 38.3 Å². The van der Waals surface area contributed by atoms with E-state index >= 15 is 0 Å². The lowest BCUT2D eigenvalue weighted by Gasteiger charge is -2.29. The molecular weight excluding hydrogens is 386 g/mol. The first-order chi connectivity index (χ1) is 9.58. The van der Waals surface area contributed by atoms with Crippen molar-refractivity contribution in [3.8, 4) is 5.75 Å². The van der Waals surface area contributed by atoms with Crippen molar-refractivity contribution in [1.29, 1.82) is 0 Å². The third-order valence-corrected chi connectivity index (χ3v) is 4.97. The van der Waals surface area contributed by atoms with Crippen LogP contribution in [0.25, 0.3) is 0 Å². The average Bonchev–Trinajstić information content (AvgIpc) is 2.41. The molecule has 2 atom stereocenters. The second-order valence-electron chi connectivity index (χ2n) is 5.28. The van der Waals surface area contributed by atoms with Crippen LogP contribution in [0.2, 0.25) is 0 Å². The molecule has 20 heavy (non-hydrogen) atoms. The van der Waals surface area contributed by atoms with Crippen molar-refractivity contribution in [1.82, 2.24) is 5.32 Å². The normalized spacial score (nSPS) is 22.4. The first kappa shape index (κ1) is 15.8. The van der Waals surface area contributed by atoms with E-state index in [9.17, 15) is 4.79 Å². The molecule has 2 rings (SSSR count). The minimum Gasteiger partial charge on any atom is -0.481 e. The maximum Gasteiger partial charge on any atom is 0.258 e. The quantitative estimate of drug-likeness (QED) is 0.812. The number of hydrogen-bond donors (Lipinski definition) is 1. The van der Waals surface area contributed by atoms with E-state index in [1.54, 1.807) is 0 Å². The van der Waals surface area contributed by atoms with Gasteiger partial charge in [-0.25, -0.2) is 0 Å². The van der Waals surface area contributed by atoms with E-state index < -0.39 is 0 Å². The fraction of sp³-hybridized carbons (Fsp3) is 0.533. The Morgan fingerprint density at radius 3 is 2.60 bits per heavy atom. The zero-order valence-electron chi connectivity index (χ0n) is 11.5. The number of hydrogen-bond acceptors (Lipinski definition) is 2. The lowest BCUT2D eigenvalue weighted by molar-refractivity contribution is -0.124. The van der Waals surface area contributed by atoms with Crippen LogP contribution in [-0.2, 0) is 4.79 Å². The van der Waals surface area contributed by atoms with Gasteiger partial charge < -0.3 is 10.1 Å². The molecule has 0 unspecified atom stereocenters. The van der Waals surface area contributed by atoms with Crippen molar-refractivity contribution >= 4 is 37.8 Å². The third kappa shape index (κ3) is 4.22. The largest absolute Gasteiger partial charge is 0.481 e. The number of benzene rings is 1. The van der Waals surface area contributed by atoms with Gasteiger partial charge in [-0.05, 0) is 62.8 Å². The summed E-state index contributed by atoms with van der Waals surface area (Å²) in [5.41, 5.74) is 0. The van der Waals surface area contributed by atoms with Gasteiger partial charge in [0, 0.05) is 6.04 Å². The summed E-state index contributed by atoms with van der Waals surface area (Å²) in [5, 5.41) is 3.08. The first-order valence-corrected chi connectivity index (χ1v) is 8.52. The van der Waals surface area contributed by atoms with Gasteiger partial charge in [0.25, 0.3) is 5.91 Å². The van der Waals surface area contributed by atoms with Gasteiger partial charge in [-0.1, -0.05) is 25.8 Å². The van der Waals surface area contributed by atoms with E-state index in [4.69, 9.17) is 4.74 Å². The molecule has 1 fully saturated rings. The molecule has 0 saturated heterocycles. The molecule has 0 aromatic heterocycles. The van der Waals surface area contributed by atoms with Gasteiger partial charge in [0.15, 0.2) is 6.61 Å². The standard InChI is InChI=1S/C15H19Br2NO2/c1-10-5-2-3-8-13(10)18-14(19)9-20-15-11(16)6-4-7-12(15)17/h4,6-7,10,13H,2-3,5,8-9H2,1H3,(H,18,19)/t10-,13+/m1/s1. The summed E-state index contributed by atoms with van der Waals surface area (Å²) in [6, 6.07) is 5.98. The molecule has 1 aromatic carbocycles. The number of carbonyl (C=O) groups is 1. The first-order valence-electron chi connectivity index (χ1n) is 6.94. The van der Waals surface area contributed by atoms with Crippen molar-refractivity contribution < 1.29 is 9.53 Å². The van der Waals surface area contributed by atoms with E-state index in [1.165, 1.54) is 19.3 Å². The Kier molecular flexibility index (Phi) is 5.90. The molecule has 1 N–H and O–H groups in total. The number of ether oxygens (including phenoxy) is 1. The second-order valence-corrected chi connectivity index (χ2v) is 6.98. The smallest absolute Gasteiger partial charge is 0.258 e. The fourth-order valence-corrected chi connectivity index (χ4v) is 3.76. The highest BCUT2D eigenvalue weighted by atomic mass is 79.9. The van der Waals surface area contributed by atoms with Gasteiger partial charge in [-0.2, -0.15) is 0 Å². The van der Waals surface area contributed by atoms with E-state index in [2.05, 4.69) is 44.1 Å². The summed E-state index contributed by atoms with van der Waals surface area (Å²) >= 11 is 6.84. The molecule has 1 aliphatic carbocycles. The highest BCUT2D eigenvalue weighted by Gasteiger charge is 2.23. The van der Waals surface area contributed by atoms with Gasteiger partial charge in [-0.3, -0.25) is 4.79 Å². The van der Waals surface area contributed by atoms with Crippen molar-refractivity contribution in [2.24, 2.45) is 5.92 Å². The van der Waals surface area contributed by atoms with Crippen LogP contribution < -0.4 is 10.1 Å². The van der Waals surface area contributed by atoms with Gasteiger partial charge in [0.2, 0.25) is 0 Å². The van der Waals surface area contributed by atoms with Crippen LogP contribution in [0.15, 0.2) is 27.1 Å². The highest BCUT2D eigenvalue weighted by molar-refractivity contribution is 9.11. The maximum absolute atomic E-state index is 12.0. The van der Waals surface area contributed by atoms with Gasteiger partial charge >= 0.3 is 0 Å². The Hall–Kier alpha value is -0.550. The molecule has 0 bridgehead atoms. The minimum absolute atomic E-state index is 0.0461. The van der Waals surface area contributed by atoms with Crippen molar-refractivity contribution in [2.75, 3.05) is 6.61 Å². The molecule has 1 aliphatic rings. The van der Waals surface area contributed by atoms with Crippen LogP contribution in [0.3, 0.4) is 0 Å². The molecule has 1 saturated carbocycles. The number of amides is 1. The molecule has 5 heteroatoms. The molecule has 0 spiro atoms. The van der Waals surface area contributed by atoms with Crippen molar-refractivity contribution in [3.63, 3.8) is 0 Å². The van der Waals surface area contributed by atoms with Gasteiger partial charge in [-0.15, -0.1) is 0 Å². The monoisotopic (exact) mass is 403 g/mol. The highest BCUT2D eigenvalue weighted by Crippen LogP contribution is 2.32. The van der Waals surface area contributed by atoms with Crippen LogP contribution in [0.4, 0.5) is 0 Å². The molecule has 0 heterocycles. The molecule has 3 nitrogen and oxygen atoms in total. The van der Waals surface area contributed by atoms with E-state index in [0.29, 0.717) is 17.7 Å². The zero-order valence-corrected chi connectivity index (χ0v) is 14.7. The summed E-state index contributed by atoms with van der Waals surface area (Å²) < 4.78 is 7.28. The van der Waals surface area contributed by atoms with Crippen molar-refractivity contribution in [2.45, 2.75) is 38.6 Å². The molecule has 110 valence electrons. The number of halogens is 2. The van der Waals surface area contributed by atoms with Crippen LogP contribution in [0, 0.1) is 5.92 Å². The number of nitrogens with one attached hydrogen (secondary N) is 1. The fourth-order valence-electron chi connectivity index (χ4n) is 2.54. The van der Waals surface area contributed by atoms with Gasteiger partial charge in [0.1, 0.15) is 5.75 Å². The molecule has 0 radical (unpaired) electrons. The predicted octanol–water partition coefficient (Wildman–Crippen LogP) is 4.29. The summed E-state index contributed by atoms with van der Waals surface area (Å²) in [4.78, 5) is 12.0. The molecular formula is C15H19Br2NO2. The second kappa shape index (κ2) is 7.46. The summed E-state index contributed by atoms with van der Waals surface area (Å²) in [7, 11) is 0. The summed E-state index contributed by atoms with van der Waals surface area (Å²) in [6.07, 6.45) is 4.74. The van der Waals surface area contributed by atoms with Crippen LogP contribution in [-0.4, -0.2) is 18.6 Å². The SMILES string of the molecule is C[C@@H]1CCCC[C@@H]1NC(=O)COc1c(Br)cccc1Br. The number of para-hydroxylation sites is 1. The van der Waals surface area contributed by atoms with E-state index in [1.807, 2.05) is 18.2 Å². The van der Waals surface area contributed by atoms with E-state index in [0.717, 1.165) is 15.4 Å². The Labute approximate surface area is 136 Å². The summed E-state index contributed by atoms with van der Waals surface area (Å²) in [6.45, 7) is 2.25. The zero-order chi connectivity index (χ0) is 14.5. The lowest BCUT2D eigenvalue weighted by atomic mass is 9.86. The Balaban J connectivity index is 1.86. The maximum atomic E-state index is 12.0. The lowest BCUT2D eigenvalue weighted by Crippen LogP contribution is -2.43. The van der Waals surface area contributed by atoms with Crippen LogP contribution >= 0.6 is 31.9 Å². The minimum atomic E-state index is -0.0496. The third-order valence-electron chi connectivity index (χ3n) is 3.72. The van der Waals surface area contributed by atoms with Crippen molar-refractivity contribution in [3.05, 3.63) is 27.1 Å². The molecule has 1 aromatic rings. The molecule has 0 aliphatic heterocycles. The van der Waals surface area contributed by atoms with Gasteiger partial charge in [0.05, 0.1) is 8.95 Å². The number of rotatable bonds is 4. The Bertz CT molecular complexity index is 459. The number of carbonyl (C=O) groups excluding carboxylic acids is 1. The Morgan fingerprint density at radius 2 is 1.95 bits per heavy atom. The Morgan fingerprint density at radius 1 is 1.30 bits per heavy atom. The predicted molar refractivity (Wildman–Crippen MR) is 86.9 cm³/mol. The van der Waals surface area contributed by atoms with Crippen LogP contribution in [0.1, 0.15) is 32.6 Å². The summed E-state index contributed by atoms with van der Waals surface area (Å²) in [5.74, 6) is 1.17. The van der Waals surface area contributed by atoms with Crippen LogP contribution in [0.5, 0.6) is 5.75 Å².